The summed E-state index contributed by atoms with van der Waals surface area (Å²) in [6.45, 7) is 1.93. The fourth-order valence-corrected chi connectivity index (χ4v) is 1.23. The minimum absolute atomic E-state index is 0.251. The number of allylic oxidation sites excluding steroid dienone is 1. The van der Waals surface area contributed by atoms with E-state index in [9.17, 15) is 22.8 Å². The third-order valence-corrected chi connectivity index (χ3v) is 2.16. The Morgan fingerprint density at radius 1 is 1.25 bits per heavy atom. The van der Waals surface area contributed by atoms with Crippen LogP contribution in [0.1, 0.15) is 17.3 Å². The molecule has 0 aliphatic rings. The van der Waals surface area contributed by atoms with Gasteiger partial charge < -0.3 is 10.1 Å². The number of alkyl halides is 3. The van der Waals surface area contributed by atoms with Crippen LogP contribution in [0.5, 0.6) is 0 Å². The molecule has 0 spiro atoms. The molecule has 0 amide bonds. The number of benzene rings is 1. The van der Waals surface area contributed by atoms with E-state index in [1.807, 2.05) is 0 Å². The highest BCUT2D eigenvalue weighted by atomic mass is 19.4. The Hall–Kier alpha value is -2.31. The number of carbonyl (C=O) groups excluding carboxylic acids is 2. The van der Waals surface area contributed by atoms with Gasteiger partial charge in [-0.2, -0.15) is 13.2 Å². The van der Waals surface area contributed by atoms with Crippen LogP contribution in [0.15, 0.2) is 36.5 Å². The Morgan fingerprint density at radius 3 is 2.35 bits per heavy atom. The largest absolute Gasteiger partial charge is 0.462 e. The van der Waals surface area contributed by atoms with E-state index in [0.717, 1.165) is 6.20 Å². The number of hydrogen-bond acceptors (Lipinski definition) is 4. The van der Waals surface area contributed by atoms with E-state index in [2.05, 4.69) is 5.32 Å². The van der Waals surface area contributed by atoms with Crippen molar-refractivity contribution in [3.63, 3.8) is 0 Å². The van der Waals surface area contributed by atoms with Gasteiger partial charge in [0.15, 0.2) is 0 Å². The predicted octanol–water partition coefficient (Wildman–Crippen LogP) is 2.92. The molecule has 20 heavy (non-hydrogen) atoms. The zero-order chi connectivity index (χ0) is 15.2. The molecule has 1 rings (SSSR count). The number of anilines is 1. The summed E-state index contributed by atoms with van der Waals surface area (Å²) in [4.78, 5) is 21.9. The molecule has 108 valence electrons. The molecule has 0 unspecified atom stereocenters. The smallest absolute Gasteiger partial charge is 0.454 e. The molecule has 0 saturated heterocycles. The third-order valence-electron chi connectivity index (χ3n) is 2.16. The van der Waals surface area contributed by atoms with Crippen LogP contribution < -0.4 is 5.32 Å². The van der Waals surface area contributed by atoms with Crippen LogP contribution >= 0.6 is 0 Å². The molecule has 0 aromatic heterocycles. The highest BCUT2D eigenvalue weighted by Gasteiger charge is 2.35. The Morgan fingerprint density at radius 2 is 1.85 bits per heavy atom. The topological polar surface area (TPSA) is 55.4 Å². The van der Waals surface area contributed by atoms with Crippen molar-refractivity contribution >= 4 is 17.4 Å². The fourth-order valence-electron chi connectivity index (χ4n) is 1.23. The lowest BCUT2D eigenvalue weighted by Gasteiger charge is -2.04. The number of rotatable bonds is 5. The van der Waals surface area contributed by atoms with Crippen molar-refractivity contribution in [2.24, 2.45) is 0 Å². The van der Waals surface area contributed by atoms with Gasteiger partial charge >= 0.3 is 12.1 Å². The summed E-state index contributed by atoms with van der Waals surface area (Å²) in [6, 6.07) is 5.88. The Labute approximate surface area is 113 Å². The van der Waals surface area contributed by atoms with Crippen LogP contribution in [-0.2, 0) is 9.53 Å². The Balaban J connectivity index is 2.60. The van der Waals surface area contributed by atoms with E-state index < -0.39 is 17.9 Å². The van der Waals surface area contributed by atoms with Crippen LogP contribution in [0.2, 0.25) is 0 Å². The second-order valence-electron chi connectivity index (χ2n) is 3.64. The summed E-state index contributed by atoms with van der Waals surface area (Å²) in [5.41, 5.74) is 0.761. The molecule has 1 aromatic rings. The lowest BCUT2D eigenvalue weighted by Crippen LogP contribution is -2.20. The summed E-state index contributed by atoms with van der Waals surface area (Å²) < 4.78 is 40.5. The monoisotopic (exact) mass is 287 g/mol. The average Bonchev–Trinajstić information content (AvgIpc) is 2.38. The van der Waals surface area contributed by atoms with Crippen LogP contribution in [-0.4, -0.2) is 24.5 Å². The van der Waals surface area contributed by atoms with E-state index in [-0.39, 0.29) is 6.61 Å². The molecule has 0 atom stereocenters. The van der Waals surface area contributed by atoms with Crippen molar-refractivity contribution in [3.05, 3.63) is 42.1 Å². The van der Waals surface area contributed by atoms with Crippen LogP contribution in [0.25, 0.3) is 0 Å². The van der Waals surface area contributed by atoms with Gasteiger partial charge in [0.1, 0.15) is 0 Å². The molecule has 1 N–H and O–H groups in total. The van der Waals surface area contributed by atoms with Gasteiger partial charge in [0.05, 0.1) is 12.2 Å². The number of nitrogens with one attached hydrogen (secondary N) is 1. The summed E-state index contributed by atoms with van der Waals surface area (Å²) in [6.07, 6.45) is -3.61. The van der Waals surface area contributed by atoms with E-state index in [4.69, 9.17) is 4.74 Å². The van der Waals surface area contributed by atoms with Crippen LogP contribution in [0, 0.1) is 0 Å². The molecule has 0 saturated carbocycles. The van der Waals surface area contributed by atoms with Crippen molar-refractivity contribution in [2.75, 3.05) is 11.9 Å². The zero-order valence-electron chi connectivity index (χ0n) is 10.5. The van der Waals surface area contributed by atoms with E-state index in [1.165, 1.54) is 24.3 Å². The first-order chi connectivity index (χ1) is 9.34. The summed E-state index contributed by atoms with van der Waals surface area (Å²) >= 11 is 0. The second kappa shape index (κ2) is 6.74. The van der Waals surface area contributed by atoms with Gasteiger partial charge in [0.25, 0.3) is 5.78 Å². The van der Waals surface area contributed by atoms with Crippen LogP contribution in [0.3, 0.4) is 0 Å². The van der Waals surface area contributed by atoms with Gasteiger partial charge in [-0.1, -0.05) is 0 Å². The molecule has 0 aliphatic carbocycles. The lowest BCUT2D eigenvalue weighted by atomic mass is 10.2. The Bertz CT molecular complexity index is 507. The summed E-state index contributed by atoms with van der Waals surface area (Å²) in [7, 11) is 0. The highest BCUT2D eigenvalue weighted by Crippen LogP contribution is 2.16. The first-order valence-electron chi connectivity index (χ1n) is 5.66. The van der Waals surface area contributed by atoms with Gasteiger partial charge in [0.2, 0.25) is 0 Å². The third kappa shape index (κ3) is 4.75. The molecule has 0 radical (unpaired) electrons. The van der Waals surface area contributed by atoms with Crippen LogP contribution in [0.4, 0.5) is 18.9 Å². The number of esters is 1. The fraction of sp³-hybridized carbons (Fsp3) is 0.231. The van der Waals surface area contributed by atoms with Crippen molar-refractivity contribution in [1.82, 2.24) is 0 Å². The number of ether oxygens (including phenoxy) is 1. The Kier molecular flexibility index (Phi) is 5.31. The quantitative estimate of drug-likeness (QED) is 0.668. The van der Waals surface area contributed by atoms with Crippen molar-refractivity contribution in [1.29, 1.82) is 0 Å². The maximum atomic E-state index is 11.9. The molecule has 0 heterocycles. The molecule has 0 aliphatic heterocycles. The van der Waals surface area contributed by atoms with Gasteiger partial charge in [-0.05, 0) is 31.2 Å². The maximum Gasteiger partial charge on any atom is 0.454 e. The molecule has 7 heteroatoms. The maximum absolute atomic E-state index is 11.9. The average molecular weight is 287 g/mol. The second-order valence-corrected chi connectivity index (χ2v) is 3.64. The zero-order valence-corrected chi connectivity index (χ0v) is 10.5. The van der Waals surface area contributed by atoms with E-state index in [1.54, 1.807) is 6.92 Å². The van der Waals surface area contributed by atoms with Crippen molar-refractivity contribution in [2.45, 2.75) is 13.1 Å². The SMILES string of the molecule is CCOC(=O)c1ccc(N/C=C\C(=O)C(F)(F)F)cc1. The minimum atomic E-state index is -4.88. The number of carbonyl (C=O) groups is 2. The molecule has 0 bridgehead atoms. The summed E-state index contributed by atoms with van der Waals surface area (Å²) in [5, 5.41) is 2.49. The minimum Gasteiger partial charge on any atom is -0.462 e. The van der Waals surface area contributed by atoms with Crippen molar-refractivity contribution < 1.29 is 27.5 Å². The van der Waals surface area contributed by atoms with Gasteiger partial charge in [-0.15, -0.1) is 0 Å². The van der Waals surface area contributed by atoms with Gasteiger partial charge in [0, 0.05) is 18.0 Å². The van der Waals surface area contributed by atoms with Gasteiger partial charge in [-0.25, -0.2) is 4.79 Å². The van der Waals surface area contributed by atoms with Crippen molar-refractivity contribution in [3.8, 4) is 0 Å². The molecule has 1 aromatic carbocycles. The number of ketones is 1. The molecular weight excluding hydrogens is 275 g/mol. The first kappa shape index (κ1) is 15.7. The normalized spacial score (nSPS) is 11.4. The number of hydrogen-bond donors (Lipinski definition) is 1. The predicted molar refractivity (Wildman–Crippen MR) is 66.2 cm³/mol. The summed E-state index contributed by atoms with van der Waals surface area (Å²) in [5.74, 6) is -2.44. The van der Waals surface area contributed by atoms with E-state index >= 15 is 0 Å². The number of halogens is 3. The first-order valence-corrected chi connectivity index (χ1v) is 5.66. The standard InChI is InChI=1S/C13H12F3NO3/c1-2-20-12(19)9-3-5-10(6-4-9)17-8-7-11(18)13(14,15)16/h3-8,17H,2H2,1H3/b8-7-. The molecular formula is C13H12F3NO3. The molecule has 0 fully saturated rings. The van der Waals surface area contributed by atoms with Gasteiger partial charge in [-0.3, -0.25) is 4.79 Å². The molecule has 4 nitrogen and oxygen atoms in total. The lowest BCUT2D eigenvalue weighted by molar-refractivity contribution is -0.165. The van der Waals surface area contributed by atoms with E-state index in [0.29, 0.717) is 17.3 Å². The highest BCUT2D eigenvalue weighted by molar-refractivity contribution is 5.94.